The van der Waals surface area contributed by atoms with E-state index >= 15 is 0 Å². The number of ether oxygens (including phenoxy) is 2. The number of amides is 2. The van der Waals surface area contributed by atoms with Gasteiger partial charge in [-0.1, -0.05) is 24.3 Å². The fraction of sp³-hybridized carbons (Fsp3) is 0.150. The molecule has 7 heteroatoms. The summed E-state index contributed by atoms with van der Waals surface area (Å²) < 4.78 is 10.6. The van der Waals surface area contributed by atoms with Crippen molar-refractivity contribution in [2.75, 3.05) is 12.1 Å². The molecular formula is C20H17N3O4. The van der Waals surface area contributed by atoms with Gasteiger partial charge in [-0.15, -0.1) is 0 Å². The predicted octanol–water partition coefficient (Wildman–Crippen LogP) is 2.78. The molecular weight excluding hydrogens is 346 g/mol. The largest absolute Gasteiger partial charge is 0.454 e. The van der Waals surface area contributed by atoms with Crippen molar-refractivity contribution in [1.29, 1.82) is 0 Å². The first-order valence-electron chi connectivity index (χ1n) is 8.46. The van der Waals surface area contributed by atoms with E-state index in [2.05, 4.69) is 15.6 Å². The highest BCUT2D eigenvalue weighted by Gasteiger charge is 2.20. The van der Waals surface area contributed by atoms with Crippen LogP contribution in [-0.2, 0) is 9.59 Å². The van der Waals surface area contributed by atoms with Gasteiger partial charge in [-0.2, -0.15) is 0 Å². The minimum atomic E-state index is -0.750. The van der Waals surface area contributed by atoms with Crippen LogP contribution in [0.5, 0.6) is 11.5 Å². The van der Waals surface area contributed by atoms with Crippen molar-refractivity contribution in [3.05, 3.63) is 60.3 Å². The Morgan fingerprint density at radius 2 is 1.85 bits per heavy atom. The third-order valence-electron chi connectivity index (χ3n) is 4.30. The number of anilines is 1. The number of carbonyl (C=O) groups excluding carboxylic acids is 2. The van der Waals surface area contributed by atoms with Crippen molar-refractivity contribution in [2.24, 2.45) is 0 Å². The summed E-state index contributed by atoms with van der Waals surface area (Å²) >= 11 is 0. The van der Waals surface area contributed by atoms with Crippen LogP contribution in [0, 0.1) is 0 Å². The molecule has 0 saturated carbocycles. The van der Waals surface area contributed by atoms with Crippen molar-refractivity contribution in [2.45, 2.75) is 13.0 Å². The van der Waals surface area contributed by atoms with Gasteiger partial charge in [0, 0.05) is 5.39 Å². The minimum Gasteiger partial charge on any atom is -0.454 e. The molecule has 4 rings (SSSR count). The average Bonchev–Trinajstić information content (AvgIpc) is 3.15. The molecule has 1 aliphatic heterocycles. The summed E-state index contributed by atoms with van der Waals surface area (Å²) in [5.41, 5.74) is 2.09. The maximum absolute atomic E-state index is 12.2. The molecule has 1 atom stereocenters. The van der Waals surface area contributed by atoms with Crippen LogP contribution in [0.4, 0.5) is 5.69 Å². The van der Waals surface area contributed by atoms with Crippen molar-refractivity contribution in [3.63, 3.8) is 0 Å². The second-order valence-corrected chi connectivity index (χ2v) is 6.18. The first-order chi connectivity index (χ1) is 13.1. The first kappa shape index (κ1) is 16.8. The Morgan fingerprint density at radius 3 is 2.74 bits per heavy atom. The summed E-state index contributed by atoms with van der Waals surface area (Å²) in [6, 6.07) is 14.3. The third-order valence-corrected chi connectivity index (χ3v) is 4.30. The number of hydrogen-bond donors (Lipinski definition) is 2. The van der Waals surface area contributed by atoms with E-state index < -0.39 is 11.8 Å². The lowest BCUT2D eigenvalue weighted by Gasteiger charge is -2.14. The molecule has 0 saturated heterocycles. The lowest BCUT2D eigenvalue weighted by Crippen LogP contribution is -2.36. The number of carbonyl (C=O) groups is 2. The third kappa shape index (κ3) is 3.52. The molecule has 2 aromatic carbocycles. The van der Waals surface area contributed by atoms with Crippen molar-refractivity contribution >= 4 is 28.4 Å². The van der Waals surface area contributed by atoms with Crippen molar-refractivity contribution in [3.8, 4) is 11.5 Å². The molecule has 0 aliphatic carbocycles. The van der Waals surface area contributed by atoms with Crippen LogP contribution in [-0.4, -0.2) is 23.6 Å². The predicted molar refractivity (Wildman–Crippen MR) is 99.5 cm³/mol. The molecule has 7 nitrogen and oxygen atoms in total. The number of pyridine rings is 1. The second kappa shape index (κ2) is 6.95. The van der Waals surface area contributed by atoms with Crippen LogP contribution in [0.2, 0.25) is 0 Å². The molecule has 1 aliphatic rings. The smallest absolute Gasteiger partial charge is 0.313 e. The van der Waals surface area contributed by atoms with E-state index in [1.165, 1.54) is 6.20 Å². The van der Waals surface area contributed by atoms with Gasteiger partial charge in [0.2, 0.25) is 6.79 Å². The first-order valence-corrected chi connectivity index (χ1v) is 8.46. The van der Waals surface area contributed by atoms with E-state index in [0.717, 1.165) is 16.5 Å². The molecule has 0 fully saturated rings. The Bertz CT molecular complexity index is 1030. The lowest BCUT2D eigenvalue weighted by atomic mass is 10.1. The van der Waals surface area contributed by atoms with Gasteiger partial charge in [0.25, 0.3) is 0 Å². The van der Waals surface area contributed by atoms with Crippen LogP contribution < -0.4 is 20.1 Å². The molecule has 136 valence electrons. The molecule has 0 radical (unpaired) electrons. The molecule has 27 heavy (non-hydrogen) atoms. The molecule has 0 unspecified atom stereocenters. The molecule has 2 amide bonds. The molecule has 0 bridgehead atoms. The summed E-state index contributed by atoms with van der Waals surface area (Å²) in [5, 5.41) is 6.13. The fourth-order valence-corrected chi connectivity index (χ4v) is 2.86. The summed E-state index contributed by atoms with van der Waals surface area (Å²) in [5.74, 6) is -0.188. The van der Waals surface area contributed by atoms with E-state index in [-0.39, 0.29) is 12.8 Å². The fourth-order valence-electron chi connectivity index (χ4n) is 2.86. The van der Waals surface area contributed by atoms with Gasteiger partial charge in [0.05, 0.1) is 23.4 Å². The highest BCUT2D eigenvalue weighted by atomic mass is 16.7. The van der Waals surface area contributed by atoms with E-state index in [1.807, 2.05) is 30.3 Å². The number of aromatic nitrogens is 1. The van der Waals surface area contributed by atoms with Crippen LogP contribution in [0.3, 0.4) is 0 Å². The Labute approximate surface area is 155 Å². The zero-order valence-corrected chi connectivity index (χ0v) is 14.6. The summed E-state index contributed by atoms with van der Waals surface area (Å²) in [6.07, 6.45) is 1.52. The standard InChI is InChI=1S/C20H17N3O4/c1-12(13-6-7-17-18(9-13)27-11-26-17)22-19(24)20(25)23-15-8-14-4-2-3-5-16(14)21-10-15/h2-10,12H,11H2,1H3,(H,22,24)(H,23,25)/t12-/m0/s1. The Kier molecular flexibility index (Phi) is 4.33. The van der Waals surface area contributed by atoms with E-state index in [0.29, 0.717) is 17.2 Å². The monoisotopic (exact) mass is 363 g/mol. The zero-order chi connectivity index (χ0) is 18.8. The van der Waals surface area contributed by atoms with E-state index in [1.54, 1.807) is 25.1 Å². The van der Waals surface area contributed by atoms with Crippen LogP contribution >= 0.6 is 0 Å². The maximum atomic E-state index is 12.2. The average molecular weight is 363 g/mol. The Balaban J connectivity index is 1.41. The van der Waals surface area contributed by atoms with Crippen molar-refractivity contribution in [1.82, 2.24) is 10.3 Å². The van der Waals surface area contributed by atoms with Gasteiger partial charge in [0.15, 0.2) is 11.5 Å². The lowest BCUT2D eigenvalue weighted by molar-refractivity contribution is -0.136. The summed E-state index contributed by atoms with van der Waals surface area (Å²) in [4.78, 5) is 28.7. The van der Waals surface area contributed by atoms with Gasteiger partial charge < -0.3 is 20.1 Å². The highest BCUT2D eigenvalue weighted by Crippen LogP contribution is 2.34. The van der Waals surface area contributed by atoms with Gasteiger partial charge in [0.1, 0.15) is 0 Å². The number of rotatable bonds is 3. The molecule has 2 heterocycles. The Morgan fingerprint density at radius 1 is 1.04 bits per heavy atom. The second-order valence-electron chi connectivity index (χ2n) is 6.18. The maximum Gasteiger partial charge on any atom is 0.313 e. The normalized spacial score (nSPS) is 13.2. The quantitative estimate of drug-likeness (QED) is 0.699. The highest BCUT2D eigenvalue weighted by molar-refractivity contribution is 6.39. The zero-order valence-electron chi connectivity index (χ0n) is 14.6. The number of fused-ring (bicyclic) bond motifs is 2. The van der Waals surface area contributed by atoms with Gasteiger partial charge in [-0.25, -0.2) is 0 Å². The Hall–Kier alpha value is -3.61. The topological polar surface area (TPSA) is 89.6 Å². The minimum absolute atomic E-state index is 0.182. The van der Waals surface area contributed by atoms with Crippen LogP contribution in [0.25, 0.3) is 10.9 Å². The van der Waals surface area contributed by atoms with E-state index in [4.69, 9.17) is 9.47 Å². The van der Waals surface area contributed by atoms with Crippen molar-refractivity contribution < 1.29 is 19.1 Å². The van der Waals surface area contributed by atoms with Gasteiger partial charge in [-0.3, -0.25) is 14.6 Å². The molecule has 3 aromatic rings. The van der Waals surface area contributed by atoms with Crippen LogP contribution in [0.1, 0.15) is 18.5 Å². The van der Waals surface area contributed by atoms with Gasteiger partial charge in [-0.05, 0) is 36.8 Å². The van der Waals surface area contributed by atoms with Gasteiger partial charge >= 0.3 is 11.8 Å². The number of benzene rings is 2. The summed E-state index contributed by atoms with van der Waals surface area (Å²) in [7, 11) is 0. The van der Waals surface area contributed by atoms with E-state index in [9.17, 15) is 9.59 Å². The summed E-state index contributed by atoms with van der Waals surface area (Å²) in [6.45, 7) is 1.97. The number of hydrogen-bond acceptors (Lipinski definition) is 5. The number of nitrogens with one attached hydrogen (secondary N) is 2. The van der Waals surface area contributed by atoms with Crippen LogP contribution in [0.15, 0.2) is 54.7 Å². The number of nitrogens with zero attached hydrogens (tertiary/aromatic N) is 1. The number of para-hydroxylation sites is 1. The molecule has 2 N–H and O–H groups in total. The molecule has 1 aromatic heterocycles. The molecule has 0 spiro atoms. The SMILES string of the molecule is C[C@H](NC(=O)C(=O)Nc1cnc2ccccc2c1)c1ccc2c(c1)OCO2.